The fraction of sp³-hybridized carbons (Fsp3) is 0.417. The summed E-state index contributed by atoms with van der Waals surface area (Å²) in [4.78, 5) is 11.6. The first-order valence-electron chi connectivity index (χ1n) is 5.05. The Hall–Kier alpha value is -1.51. The van der Waals surface area contributed by atoms with Crippen LogP contribution in [0.4, 0.5) is 0 Å². The van der Waals surface area contributed by atoms with E-state index in [9.17, 15) is 9.90 Å². The van der Waals surface area contributed by atoms with Crippen LogP contribution in [0.2, 0.25) is 0 Å². The maximum atomic E-state index is 11.6. The lowest BCUT2D eigenvalue weighted by Gasteiger charge is -2.28. The molecule has 15 heavy (non-hydrogen) atoms. The van der Waals surface area contributed by atoms with Gasteiger partial charge in [0.2, 0.25) is 0 Å². The third-order valence-electron chi connectivity index (χ3n) is 3.10. The summed E-state index contributed by atoms with van der Waals surface area (Å²) in [5, 5.41) is 9.82. The molecule has 0 spiro atoms. The van der Waals surface area contributed by atoms with Gasteiger partial charge in [-0.05, 0) is 25.0 Å². The summed E-state index contributed by atoms with van der Waals surface area (Å²) in [7, 11) is 0. The van der Waals surface area contributed by atoms with Gasteiger partial charge in [-0.2, -0.15) is 0 Å². The molecule has 80 valence electrons. The van der Waals surface area contributed by atoms with E-state index in [1.165, 1.54) is 0 Å². The van der Waals surface area contributed by atoms with Crippen molar-refractivity contribution in [3.05, 3.63) is 28.8 Å². The van der Waals surface area contributed by atoms with Crippen LogP contribution in [0.5, 0.6) is 5.75 Å². The van der Waals surface area contributed by atoms with Gasteiger partial charge in [0, 0.05) is 5.92 Å². The van der Waals surface area contributed by atoms with E-state index in [4.69, 9.17) is 4.74 Å². The van der Waals surface area contributed by atoms with Gasteiger partial charge in [-0.25, -0.2) is 4.79 Å². The molecular formula is C12H14O3. The van der Waals surface area contributed by atoms with Crippen molar-refractivity contribution in [1.82, 2.24) is 0 Å². The van der Waals surface area contributed by atoms with Gasteiger partial charge in [-0.15, -0.1) is 0 Å². The van der Waals surface area contributed by atoms with Crippen molar-refractivity contribution in [3.8, 4) is 5.75 Å². The number of fused-ring (bicyclic) bond motifs is 1. The van der Waals surface area contributed by atoms with Crippen LogP contribution in [0.3, 0.4) is 0 Å². The molecule has 0 fully saturated rings. The summed E-state index contributed by atoms with van der Waals surface area (Å²) in [5.41, 5.74) is 1.91. The molecule has 0 bridgehead atoms. The number of carbonyl (C=O) groups excluding carboxylic acids is 1. The molecular weight excluding hydrogens is 192 g/mol. The first-order valence-corrected chi connectivity index (χ1v) is 5.05. The largest absolute Gasteiger partial charge is 0.507 e. The van der Waals surface area contributed by atoms with Gasteiger partial charge in [0.05, 0.1) is 0 Å². The Bertz CT molecular complexity index is 423. The summed E-state index contributed by atoms with van der Waals surface area (Å²) in [6.45, 7) is 5.62. The van der Waals surface area contributed by atoms with Crippen molar-refractivity contribution in [3.63, 3.8) is 0 Å². The molecule has 0 radical (unpaired) electrons. The minimum absolute atomic E-state index is 0.0521. The average molecular weight is 206 g/mol. The van der Waals surface area contributed by atoms with Gasteiger partial charge in [0.15, 0.2) is 0 Å². The van der Waals surface area contributed by atoms with Gasteiger partial charge in [-0.1, -0.05) is 19.1 Å². The predicted molar refractivity (Wildman–Crippen MR) is 56.1 cm³/mol. The van der Waals surface area contributed by atoms with Gasteiger partial charge in [0.25, 0.3) is 0 Å². The maximum absolute atomic E-state index is 11.6. The number of aryl methyl sites for hydroxylation is 1. The third-order valence-corrected chi connectivity index (χ3v) is 3.10. The summed E-state index contributed by atoms with van der Waals surface area (Å²) in [6, 6.07) is 3.72. The van der Waals surface area contributed by atoms with Gasteiger partial charge >= 0.3 is 5.97 Å². The lowest BCUT2D eigenvalue weighted by molar-refractivity contribution is 0.0236. The highest BCUT2D eigenvalue weighted by Crippen LogP contribution is 2.36. The number of phenolic OH excluding ortho intramolecular Hbond substituents is 1. The summed E-state index contributed by atoms with van der Waals surface area (Å²) in [6.07, 6.45) is -0.132. The molecule has 2 atom stereocenters. The number of carbonyl (C=O) groups is 1. The van der Waals surface area contributed by atoms with E-state index in [2.05, 4.69) is 0 Å². The van der Waals surface area contributed by atoms with Crippen LogP contribution in [-0.2, 0) is 4.74 Å². The number of rotatable bonds is 0. The van der Waals surface area contributed by atoms with Crippen LogP contribution < -0.4 is 0 Å². The highest BCUT2D eigenvalue weighted by molar-refractivity contribution is 5.96. The molecule has 1 aliphatic rings. The van der Waals surface area contributed by atoms with Gasteiger partial charge < -0.3 is 9.84 Å². The Kier molecular flexibility index (Phi) is 2.18. The normalized spacial score (nSPS) is 24.6. The fourth-order valence-corrected chi connectivity index (χ4v) is 1.89. The lowest BCUT2D eigenvalue weighted by Crippen LogP contribution is -2.28. The first kappa shape index (κ1) is 10.0. The van der Waals surface area contributed by atoms with E-state index in [1.807, 2.05) is 26.0 Å². The lowest BCUT2D eigenvalue weighted by atomic mass is 9.88. The molecule has 0 saturated heterocycles. The smallest absolute Gasteiger partial charge is 0.342 e. The molecule has 2 rings (SSSR count). The molecule has 0 saturated carbocycles. The Morgan fingerprint density at radius 1 is 1.33 bits per heavy atom. The van der Waals surface area contributed by atoms with Crippen molar-refractivity contribution in [1.29, 1.82) is 0 Å². The molecule has 1 aromatic carbocycles. The van der Waals surface area contributed by atoms with Crippen molar-refractivity contribution in [2.75, 3.05) is 0 Å². The number of aromatic hydroxyl groups is 1. The maximum Gasteiger partial charge on any atom is 0.342 e. The van der Waals surface area contributed by atoms with Crippen molar-refractivity contribution < 1.29 is 14.6 Å². The Labute approximate surface area is 88.7 Å². The Balaban J connectivity index is 2.66. The van der Waals surface area contributed by atoms with E-state index in [0.29, 0.717) is 11.1 Å². The van der Waals surface area contributed by atoms with E-state index in [-0.39, 0.29) is 17.8 Å². The molecule has 0 aromatic heterocycles. The second kappa shape index (κ2) is 3.26. The van der Waals surface area contributed by atoms with Crippen molar-refractivity contribution >= 4 is 5.97 Å². The Morgan fingerprint density at radius 2 is 2.00 bits per heavy atom. The standard InChI is InChI=1S/C12H14O3/c1-6-4-5-9-7(2)8(3)15-12(14)10(9)11(6)13/h4-5,7-8,13H,1-3H3/t7-,8+/m0/s1. The van der Waals surface area contributed by atoms with Gasteiger partial charge in [-0.3, -0.25) is 0 Å². The van der Waals surface area contributed by atoms with E-state index in [1.54, 1.807) is 6.92 Å². The summed E-state index contributed by atoms with van der Waals surface area (Å²) < 4.78 is 5.16. The van der Waals surface area contributed by atoms with Crippen LogP contribution in [0.15, 0.2) is 12.1 Å². The fourth-order valence-electron chi connectivity index (χ4n) is 1.89. The zero-order valence-electron chi connectivity index (χ0n) is 9.07. The van der Waals surface area contributed by atoms with E-state index >= 15 is 0 Å². The predicted octanol–water partition coefficient (Wildman–Crippen LogP) is 2.36. The van der Waals surface area contributed by atoms with Gasteiger partial charge in [0.1, 0.15) is 17.4 Å². The number of ether oxygens (including phenoxy) is 1. The quantitative estimate of drug-likeness (QED) is 0.663. The molecule has 0 unspecified atom stereocenters. The van der Waals surface area contributed by atoms with Crippen LogP contribution in [0.25, 0.3) is 0 Å². The second-order valence-electron chi connectivity index (χ2n) is 4.09. The average Bonchev–Trinajstić information content (AvgIpc) is 2.18. The Morgan fingerprint density at radius 3 is 2.67 bits per heavy atom. The molecule has 1 heterocycles. The molecule has 1 N–H and O–H groups in total. The van der Waals surface area contributed by atoms with Crippen molar-refractivity contribution in [2.45, 2.75) is 32.8 Å². The number of phenols is 1. The highest BCUT2D eigenvalue weighted by atomic mass is 16.5. The van der Waals surface area contributed by atoms with Crippen molar-refractivity contribution in [2.24, 2.45) is 0 Å². The summed E-state index contributed by atoms with van der Waals surface area (Å²) in [5.74, 6) is -0.239. The minimum Gasteiger partial charge on any atom is -0.507 e. The number of hydrogen-bond acceptors (Lipinski definition) is 3. The first-order chi connectivity index (χ1) is 7.02. The SMILES string of the molecule is Cc1ccc2c(c1O)C(=O)O[C@H](C)[C@@H]2C. The molecule has 0 aliphatic carbocycles. The van der Waals surface area contributed by atoms with Crippen LogP contribution >= 0.6 is 0 Å². The minimum atomic E-state index is -0.420. The molecule has 3 nitrogen and oxygen atoms in total. The van der Waals surface area contributed by atoms with Crippen LogP contribution in [0.1, 0.15) is 41.3 Å². The number of hydrogen-bond donors (Lipinski definition) is 1. The third kappa shape index (κ3) is 1.39. The molecule has 1 aliphatic heterocycles. The second-order valence-corrected chi connectivity index (χ2v) is 4.09. The van der Waals surface area contributed by atoms with Crippen LogP contribution in [0, 0.1) is 6.92 Å². The zero-order valence-corrected chi connectivity index (χ0v) is 9.07. The highest BCUT2D eigenvalue weighted by Gasteiger charge is 2.32. The molecule has 3 heteroatoms. The number of cyclic esters (lactones) is 1. The number of esters is 1. The zero-order chi connectivity index (χ0) is 11.2. The van der Waals surface area contributed by atoms with E-state index in [0.717, 1.165) is 5.56 Å². The molecule has 0 amide bonds. The molecule has 1 aromatic rings. The summed E-state index contributed by atoms with van der Waals surface area (Å²) >= 11 is 0. The van der Waals surface area contributed by atoms with E-state index < -0.39 is 5.97 Å². The van der Waals surface area contributed by atoms with Crippen LogP contribution in [-0.4, -0.2) is 17.2 Å². The topological polar surface area (TPSA) is 46.5 Å². The monoisotopic (exact) mass is 206 g/mol. The number of benzene rings is 1.